The molecule has 1 saturated heterocycles. The second kappa shape index (κ2) is 35.4. The molecule has 8 aromatic rings. The fraction of sp³-hybridized carbons (Fsp3) is 0.349. The molecule has 1 fully saturated rings. The number of aromatic nitrogens is 6. The maximum atomic E-state index is 15.2. The van der Waals surface area contributed by atoms with Crippen LogP contribution in [0.3, 0.4) is 0 Å². The Morgan fingerprint density at radius 3 is 1.32 bits per heavy atom. The molecule has 4 aromatic heterocycles. The van der Waals surface area contributed by atoms with E-state index in [0.717, 1.165) is 38.1 Å². The first-order chi connectivity index (χ1) is 51.7. The first-order valence-corrected chi connectivity index (χ1v) is 36.9. The zero-order valence-electron chi connectivity index (χ0n) is 64.8. The molecule has 4 aromatic carbocycles. The number of esters is 1. The van der Waals surface area contributed by atoms with Gasteiger partial charge < -0.3 is 67.7 Å². The van der Waals surface area contributed by atoms with E-state index in [-0.39, 0.29) is 100.0 Å². The molecular formula is C86H94BrFeN12O11. The average Bonchev–Trinajstić information content (AvgIpc) is 1.61. The fourth-order valence-corrected chi connectivity index (χ4v) is 12.5. The topological polar surface area (TPSA) is 307 Å². The molecular weight excluding hydrogens is 1510 g/mol. The minimum absolute atomic E-state index is 0. The van der Waals surface area contributed by atoms with Crippen molar-refractivity contribution in [1.29, 1.82) is 0 Å². The number of nitrogens with one attached hydrogen (secondary N) is 5. The van der Waals surface area contributed by atoms with Crippen LogP contribution in [0.2, 0.25) is 0 Å². The van der Waals surface area contributed by atoms with Crippen LogP contribution in [0.1, 0.15) is 181 Å². The number of imidazole rings is 1. The van der Waals surface area contributed by atoms with Crippen molar-refractivity contribution in [1.82, 2.24) is 39.9 Å². The van der Waals surface area contributed by atoms with Gasteiger partial charge in [0.05, 0.1) is 29.2 Å². The van der Waals surface area contributed by atoms with Crippen LogP contribution in [0.25, 0.3) is 90.9 Å². The van der Waals surface area contributed by atoms with Gasteiger partial charge in [-0.3, -0.25) is 33.6 Å². The number of unbranched alkanes of at least 4 members (excludes halogenated alkanes) is 4. The van der Waals surface area contributed by atoms with E-state index in [1.54, 1.807) is 78.1 Å². The molecule has 3 aliphatic heterocycles. The van der Waals surface area contributed by atoms with Gasteiger partial charge in [-0.1, -0.05) is 193 Å². The molecule has 7 amide bonds. The van der Waals surface area contributed by atoms with Gasteiger partial charge in [-0.15, -0.1) is 27.1 Å². The third kappa shape index (κ3) is 20.2. The van der Waals surface area contributed by atoms with Crippen molar-refractivity contribution in [3.8, 4) is 44.5 Å². The summed E-state index contributed by atoms with van der Waals surface area (Å²) in [6.07, 6.45) is 13.8. The van der Waals surface area contributed by atoms with Gasteiger partial charge in [-0.05, 0) is 103 Å². The van der Waals surface area contributed by atoms with Gasteiger partial charge in [0, 0.05) is 105 Å². The van der Waals surface area contributed by atoms with Gasteiger partial charge in [0.15, 0.2) is 0 Å². The Labute approximate surface area is 667 Å². The average molecular weight is 1610 g/mol. The standard InChI is InChI=1S/C86H96N12O11.BrH.Fe/c1-51-87-46-48-97(51)47-26-16-14-15-17-35-69(99)91-67(42-45-72(102)109-98-70(100)43-44-71(98)101)78(103)108-50-52-49-68-75(55-29-20-24-33-59(55)95-81(106)85(8,9)10)65-39-38-63(89-65)73(53-27-18-22-31-57(53)93-79(104)83(2,3)4)61-36-37-62(88-61)74(54-28-19-23-32-58(54)94-80(105)84(5,6)7)64-40-41-66(90-64)76(77(52)92-68)56-30-21-25-34-60(56)96-82(107)86(11,12)13;;/h18-25,27-34,36-41,46,48-49,67H,14-17,26,35,42-45,47,50H2,1-13H3,(H7,88,89,90,91,92,93,94,95,96,99,104,105,106,107);1H;/q;;+3/p-3/t67-;;/m0../s1. The Bertz CT molecular complexity index is 5140. The fourth-order valence-electron chi connectivity index (χ4n) is 12.5. The van der Waals surface area contributed by atoms with Crippen LogP contribution in [0, 0.1) is 28.6 Å². The molecule has 25 heteroatoms. The van der Waals surface area contributed by atoms with Crippen LogP contribution in [0.4, 0.5) is 22.7 Å². The van der Waals surface area contributed by atoms with Crippen LogP contribution < -0.4 is 53.5 Å². The van der Waals surface area contributed by atoms with Crippen LogP contribution in [-0.4, -0.2) is 83.9 Å². The Hall–Kier alpha value is -10.9. The Kier molecular flexibility index (Phi) is 26.9. The molecule has 7 heterocycles. The SMILES string of the molecule is Cc1nccn1CCCCCCCC(=O)N[C@@H](CCC(=O)ON1C(=O)CCC1=O)C(=O)OCc1cc2[n-]c1c(-c1ccccc1NC(=O)C(C)(C)C)c1nc(c(-c3ccccc3NC(=O)C(C)(C)C)c3ccc([n-]3)c(-c3ccccc3NC(=O)C(C)(C)C)c3nc(c2-c2ccccc2NC(=O)C(C)(C)C)C=C3)C=C1.[Br-].[Fe+3]. The van der Waals surface area contributed by atoms with Crippen molar-refractivity contribution in [2.45, 2.75) is 173 Å². The normalized spacial score (nSPS) is 13.0. The molecule has 0 spiro atoms. The summed E-state index contributed by atoms with van der Waals surface area (Å²) in [7, 11) is 0. The number of hydroxylamine groups is 2. The minimum atomic E-state index is -1.47. The van der Waals surface area contributed by atoms with E-state index in [1.165, 1.54) is 0 Å². The quantitative estimate of drug-likeness (QED) is 0.0162. The van der Waals surface area contributed by atoms with Crippen LogP contribution in [0.5, 0.6) is 0 Å². The summed E-state index contributed by atoms with van der Waals surface area (Å²) in [5, 5.41) is 16.0. The monoisotopic (exact) mass is 1610 g/mol. The number of ether oxygens (including phenoxy) is 1. The number of benzene rings is 4. The molecule has 0 saturated carbocycles. The summed E-state index contributed by atoms with van der Waals surface area (Å²) in [6, 6.07) is 33.2. The zero-order valence-corrected chi connectivity index (χ0v) is 67.5. The Morgan fingerprint density at radius 1 is 0.505 bits per heavy atom. The van der Waals surface area contributed by atoms with Gasteiger partial charge in [0.1, 0.15) is 18.5 Å². The number of aryl methyl sites for hydroxylation is 2. The van der Waals surface area contributed by atoms with Crippen molar-refractivity contribution in [3.05, 3.63) is 162 Å². The molecule has 0 aliphatic carbocycles. The van der Waals surface area contributed by atoms with Crippen molar-refractivity contribution in [2.75, 3.05) is 21.3 Å². The molecule has 111 heavy (non-hydrogen) atoms. The van der Waals surface area contributed by atoms with Gasteiger partial charge in [-0.2, -0.15) is 0 Å². The molecule has 579 valence electrons. The summed E-state index contributed by atoms with van der Waals surface area (Å²) >= 11 is 0. The van der Waals surface area contributed by atoms with Crippen LogP contribution in [-0.2, 0) is 82.9 Å². The number of carbonyl (C=O) groups excluding carboxylic acids is 9. The molecule has 23 nitrogen and oxygen atoms in total. The van der Waals surface area contributed by atoms with Crippen molar-refractivity contribution in [2.24, 2.45) is 21.7 Å². The number of halogens is 1. The maximum absolute atomic E-state index is 15.2. The summed E-state index contributed by atoms with van der Waals surface area (Å²) in [6.45, 7) is 24.0. The summed E-state index contributed by atoms with van der Waals surface area (Å²) in [5.74, 6) is -4.01. The number of hydrogen-bond donors (Lipinski definition) is 5. The number of fused-ring (bicyclic) bond motifs is 8. The van der Waals surface area contributed by atoms with E-state index < -0.39 is 70.4 Å². The first-order valence-electron chi connectivity index (χ1n) is 36.9. The van der Waals surface area contributed by atoms with Crippen molar-refractivity contribution < 1.29 is 86.8 Å². The number of imide groups is 1. The summed E-state index contributed by atoms with van der Waals surface area (Å²) in [4.78, 5) is 157. The van der Waals surface area contributed by atoms with E-state index in [2.05, 4.69) is 36.1 Å². The Balaban J connectivity index is 0.00000708. The van der Waals surface area contributed by atoms with Crippen LogP contribution >= 0.6 is 0 Å². The molecule has 11 rings (SSSR count). The predicted octanol–water partition coefficient (Wildman–Crippen LogP) is 13.0. The van der Waals surface area contributed by atoms with Gasteiger partial charge in [0.25, 0.3) is 11.8 Å². The number of nitrogens with zero attached hydrogens (tertiary/aromatic N) is 7. The predicted molar refractivity (Wildman–Crippen MR) is 424 cm³/mol. The van der Waals surface area contributed by atoms with E-state index in [9.17, 15) is 38.4 Å². The van der Waals surface area contributed by atoms with Gasteiger partial charge in [-0.25, -0.2) is 24.5 Å². The van der Waals surface area contributed by atoms with Crippen LogP contribution in [0.15, 0.2) is 128 Å². The summed E-state index contributed by atoms with van der Waals surface area (Å²) in [5.41, 5.74) is 5.19. The summed E-state index contributed by atoms with van der Waals surface area (Å²) < 4.78 is 8.53. The number of para-hydroxylation sites is 4. The minimum Gasteiger partial charge on any atom is -1.00 e. The largest absolute Gasteiger partial charge is 3.00 e. The maximum Gasteiger partial charge on any atom is 3.00 e. The molecule has 1 atom stereocenters. The number of rotatable bonds is 24. The number of hydrogen-bond acceptors (Lipinski definition) is 14. The van der Waals surface area contributed by atoms with Crippen molar-refractivity contribution >= 4 is 122 Å². The third-order valence-electron chi connectivity index (χ3n) is 18.9. The number of carbonyl (C=O) groups is 9. The van der Waals surface area contributed by atoms with Crippen molar-refractivity contribution in [3.63, 3.8) is 0 Å². The molecule has 5 N–H and O–H groups in total. The smallest absolute Gasteiger partial charge is 1.00 e. The zero-order chi connectivity index (χ0) is 78.3. The first kappa shape index (κ1) is 84.1. The molecule has 1 radical (unpaired) electrons. The van der Waals surface area contributed by atoms with E-state index in [4.69, 9.17) is 29.5 Å². The van der Waals surface area contributed by atoms with E-state index >= 15 is 4.79 Å². The number of amides is 7. The van der Waals surface area contributed by atoms with E-state index in [0.29, 0.717) is 113 Å². The molecule has 8 bridgehead atoms. The van der Waals surface area contributed by atoms with Gasteiger partial charge in [0.2, 0.25) is 29.5 Å². The number of anilines is 4. The third-order valence-corrected chi connectivity index (χ3v) is 18.9. The van der Waals surface area contributed by atoms with E-state index in [1.807, 2.05) is 164 Å². The Morgan fingerprint density at radius 2 is 0.901 bits per heavy atom. The molecule has 3 aliphatic rings. The van der Waals surface area contributed by atoms with Gasteiger partial charge >= 0.3 is 29.0 Å². The second-order valence-electron chi connectivity index (χ2n) is 31.7. The second-order valence-corrected chi connectivity index (χ2v) is 31.7. The molecule has 0 unspecified atom stereocenters.